The molecule has 1 N–H and O–H groups in total. The SMILES string of the molecule is COc1ccc(CNS(=O)(=O)Cc2ccc(C)cc2)cc1. The zero-order valence-corrected chi connectivity index (χ0v) is 13.0. The van der Waals surface area contributed by atoms with E-state index in [2.05, 4.69) is 4.72 Å². The molecule has 2 rings (SSSR count). The van der Waals surface area contributed by atoms with E-state index in [4.69, 9.17) is 4.74 Å². The molecule has 0 amide bonds. The Kier molecular flexibility index (Phi) is 4.98. The summed E-state index contributed by atoms with van der Waals surface area (Å²) < 4.78 is 31.8. The Balaban J connectivity index is 1.95. The molecule has 0 unspecified atom stereocenters. The van der Waals surface area contributed by atoms with Crippen LogP contribution in [0.25, 0.3) is 0 Å². The number of methoxy groups -OCH3 is 1. The van der Waals surface area contributed by atoms with Crippen molar-refractivity contribution in [1.29, 1.82) is 0 Å². The minimum atomic E-state index is -3.34. The summed E-state index contributed by atoms with van der Waals surface area (Å²) >= 11 is 0. The van der Waals surface area contributed by atoms with Crippen molar-refractivity contribution in [3.63, 3.8) is 0 Å². The molecule has 21 heavy (non-hydrogen) atoms. The molecule has 0 aliphatic rings. The fourth-order valence-corrected chi connectivity index (χ4v) is 3.01. The van der Waals surface area contributed by atoms with Gasteiger partial charge in [0, 0.05) is 6.54 Å². The van der Waals surface area contributed by atoms with E-state index in [1.807, 2.05) is 55.5 Å². The van der Waals surface area contributed by atoms with Crippen molar-refractivity contribution >= 4 is 10.0 Å². The van der Waals surface area contributed by atoms with Gasteiger partial charge in [-0.15, -0.1) is 0 Å². The minimum Gasteiger partial charge on any atom is -0.497 e. The summed E-state index contributed by atoms with van der Waals surface area (Å²) in [5.41, 5.74) is 2.79. The van der Waals surface area contributed by atoms with Crippen molar-refractivity contribution in [2.24, 2.45) is 0 Å². The second-order valence-corrected chi connectivity index (χ2v) is 6.72. The van der Waals surface area contributed by atoms with Crippen LogP contribution in [-0.2, 0) is 22.3 Å². The van der Waals surface area contributed by atoms with Crippen molar-refractivity contribution in [3.05, 3.63) is 65.2 Å². The molecule has 0 saturated carbocycles. The number of hydrogen-bond acceptors (Lipinski definition) is 3. The summed E-state index contributed by atoms with van der Waals surface area (Å²) in [5, 5.41) is 0. The molecule has 0 aromatic heterocycles. The third-order valence-corrected chi connectivity index (χ3v) is 4.43. The topological polar surface area (TPSA) is 55.4 Å². The second-order valence-electron chi connectivity index (χ2n) is 4.91. The fourth-order valence-electron chi connectivity index (χ4n) is 1.89. The summed E-state index contributed by atoms with van der Waals surface area (Å²) in [6.45, 7) is 2.25. The van der Waals surface area contributed by atoms with E-state index in [1.165, 1.54) is 0 Å². The van der Waals surface area contributed by atoms with Crippen LogP contribution >= 0.6 is 0 Å². The van der Waals surface area contributed by atoms with Crippen molar-refractivity contribution in [2.45, 2.75) is 19.2 Å². The number of sulfonamides is 1. The van der Waals surface area contributed by atoms with Gasteiger partial charge in [0.25, 0.3) is 0 Å². The summed E-state index contributed by atoms with van der Waals surface area (Å²) in [5.74, 6) is 0.741. The van der Waals surface area contributed by atoms with E-state index in [-0.39, 0.29) is 12.3 Å². The Morgan fingerprint density at radius 1 is 0.952 bits per heavy atom. The van der Waals surface area contributed by atoms with E-state index >= 15 is 0 Å². The van der Waals surface area contributed by atoms with Crippen LogP contribution in [0, 0.1) is 6.92 Å². The zero-order valence-electron chi connectivity index (χ0n) is 12.2. The van der Waals surface area contributed by atoms with Gasteiger partial charge in [0.05, 0.1) is 12.9 Å². The second kappa shape index (κ2) is 6.74. The molecule has 0 aliphatic carbocycles. The first-order valence-corrected chi connectivity index (χ1v) is 8.29. The summed E-state index contributed by atoms with van der Waals surface area (Å²) in [4.78, 5) is 0. The highest BCUT2D eigenvalue weighted by Gasteiger charge is 2.11. The third-order valence-electron chi connectivity index (χ3n) is 3.13. The highest BCUT2D eigenvalue weighted by molar-refractivity contribution is 7.88. The van der Waals surface area contributed by atoms with Gasteiger partial charge in [-0.05, 0) is 30.2 Å². The van der Waals surface area contributed by atoms with Gasteiger partial charge < -0.3 is 4.74 Å². The molecular formula is C16H19NO3S. The number of hydrogen-bond donors (Lipinski definition) is 1. The fraction of sp³-hybridized carbons (Fsp3) is 0.250. The first-order valence-electron chi connectivity index (χ1n) is 6.64. The van der Waals surface area contributed by atoms with Crippen molar-refractivity contribution in [1.82, 2.24) is 4.72 Å². The monoisotopic (exact) mass is 305 g/mol. The van der Waals surface area contributed by atoms with Gasteiger partial charge in [-0.1, -0.05) is 42.0 Å². The molecule has 5 heteroatoms. The van der Waals surface area contributed by atoms with Crippen LogP contribution in [0.5, 0.6) is 5.75 Å². The van der Waals surface area contributed by atoms with Crippen LogP contribution in [-0.4, -0.2) is 15.5 Å². The Labute approximate surface area is 125 Å². The lowest BCUT2D eigenvalue weighted by molar-refractivity contribution is 0.414. The number of rotatable bonds is 6. The molecule has 2 aromatic carbocycles. The van der Waals surface area contributed by atoms with Gasteiger partial charge in [-0.2, -0.15) is 0 Å². The maximum absolute atomic E-state index is 12.0. The Bertz CT molecular complexity index is 676. The number of nitrogens with one attached hydrogen (secondary N) is 1. The van der Waals surface area contributed by atoms with Crippen LogP contribution in [0.4, 0.5) is 0 Å². The van der Waals surface area contributed by atoms with Crippen LogP contribution in [0.1, 0.15) is 16.7 Å². The average molecular weight is 305 g/mol. The van der Waals surface area contributed by atoms with Gasteiger partial charge >= 0.3 is 0 Å². The summed E-state index contributed by atoms with van der Waals surface area (Å²) in [6, 6.07) is 14.8. The molecule has 0 radical (unpaired) electrons. The average Bonchev–Trinajstić information content (AvgIpc) is 2.48. The number of ether oxygens (including phenoxy) is 1. The normalized spacial score (nSPS) is 11.3. The molecule has 0 saturated heterocycles. The smallest absolute Gasteiger partial charge is 0.216 e. The molecule has 0 fully saturated rings. The van der Waals surface area contributed by atoms with Gasteiger partial charge in [-0.25, -0.2) is 13.1 Å². The molecule has 0 heterocycles. The van der Waals surface area contributed by atoms with E-state index in [9.17, 15) is 8.42 Å². The molecular weight excluding hydrogens is 286 g/mol. The summed E-state index contributed by atoms with van der Waals surface area (Å²) in [6.07, 6.45) is 0. The largest absolute Gasteiger partial charge is 0.497 e. The number of aryl methyl sites for hydroxylation is 1. The van der Waals surface area contributed by atoms with E-state index < -0.39 is 10.0 Å². The Morgan fingerprint density at radius 2 is 1.52 bits per heavy atom. The quantitative estimate of drug-likeness (QED) is 0.892. The maximum Gasteiger partial charge on any atom is 0.216 e. The molecule has 0 bridgehead atoms. The molecule has 0 spiro atoms. The van der Waals surface area contributed by atoms with Gasteiger partial charge in [0.1, 0.15) is 5.75 Å². The zero-order chi connectivity index (χ0) is 15.3. The maximum atomic E-state index is 12.0. The van der Waals surface area contributed by atoms with Crippen molar-refractivity contribution in [3.8, 4) is 5.75 Å². The summed E-state index contributed by atoms with van der Waals surface area (Å²) in [7, 11) is -1.75. The lowest BCUT2D eigenvalue weighted by atomic mass is 10.2. The highest BCUT2D eigenvalue weighted by atomic mass is 32.2. The Morgan fingerprint density at radius 3 is 2.10 bits per heavy atom. The molecule has 0 aliphatic heterocycles. The predicted octanol–water partition coefficient (Wildman–Crippen LogP) is 2.62. The first-order chi connectivity index (χ1) is 9.98. The minimum absolute atomic E-state index is 0.0105. The van der Waals surface area contributed by atoms with E-state index in [0.29, 0.717) is 0 Å². The first kappa shape index (κ1) is 15.5. The predicted molar refractivity (Wildman–Crippen MR) is 83.6 cm³/mol. The Hall–Kier alpha value is -1.85. The molecule has 112 valence electrons. The van der Waals surface area contributed by atoms with Gasteiger partial charge in [0.15, 0.2) is 0 Å². The molecule has 2 aromatic rings. The van der Waals surface area contributed by atoms with Crippen molar-refractivity contribution < 1.29 is 13.2 Å². The van der Waals surface area contributed by atoms with Crippen LogP contribution < -0.4 is 9.46 Å². The molecule has 0 atom stereocenters. The van der Waals surface area contributed by atoms with Crippen LogP contribution in [0.15, 0.2) is 48.5 Å². The van der Waals surface area contributed by atoms with E-state index in [1.54, 1.807) is 7.11 Å². The third kappa shape index (κ3) is 4.88. The number of benzene rings is 2. The van der Waals surface area contributed by atoms with Gasteiger partial charge in [-0.3, -0.25) is 0 Å². The van der Waals surface area contributed by atoms with E-state index in [0.717, 1.165) is 22.4 Å². The van der Waals surface area contributed by atoms with Crippen LogP contribution in [0.3, 0.4) is 0 Å². The lowest BCUT2D eigenvalue weighted by Crippen LogP contribution is -2.24. The van der Waals surface area contributed by atoms with Crippen molar-refractivity contribution in [2.75, 3.05) is 7.11 Å². The van der Waals surface area contributed by atoms with Crippen LogP contribution in [0.2, 0.25) is 0 Å². The highest BCUT2D eigenvalue weighted by Crippen LogP contribution is 2.12. The molecule has 4 nitrogen and oxygen atoms in total. The lowest BCUT2D eigenvalue weighted by Gasteiger charge is -2.08. The van der Waals surface area contributed by atoms with Gasteiger partial charge in [0.2, 0.25) is 10.0 Å². The standard InChI is InChI=1S/C16H19NO3S/c1-13-3-5-15(6-4-13)12-21(18,19)17-11-14-7-9-16(20-2)10-8-14/h3-10,17H,11-12H2,1-2H3.